The number of halogens is 2. The molecule has 0 amide bonds. The number of hydrogen-bond donors (Lipinski definition) is 3. The van der Waals surface area contributed by atoms with Crippen molar-refractivity contribution in [2.75, 3.05) is 19.7 Å². The van der Waals surface area contributed by atoms with Crippen molar-refractivity contribution in [2.24, 2.45) is 0 Å². The van der Waals surface area contributed by atoms with E-state index >= 15 is 0 Å². The van der Waals surface area contributed by atoms with Gasteiger partial charge in [0.2, 0.25) is 0 Å². The molecular formula is C49H48Cl2N6O4. The van der Waals surface area contributed by atoms with Crippen LogP contribution in [-0.2, 0) is 45.8 Å². The monoisotopic (exact) mass is 854 g/mol. The maximum Gasteiger partial charge on any atom is 0.142 e. The lowest BCUT2D eigenvalue weighted by Crippen LogP contribution is -2.18. The first kappa shape index (κ1) is 44.6. The summed E-state index contributed by atoms with van der Waals surface area (Å²) in [6.45, 7) is 9.45. The van der Waals surface area contributed by atoms with Crippen molar-refractivity contribution in [2.45, 2.75) is 66.5 Å². The third-order valence-corrected chi connectivity index (χ3v) is 11.0. The van der Waals surface area contributed by atoms with Gasteiger partial charge in [-0.05, 0) is 114 Å². The standard InChI is InChI=1S/C49H48Cl2N6O4/c1-4-54-28-42-18-46(51)49(20-47(42)59-29-37-16-36(22-53)25-57-26-37)61-31-40-8-6-10-44(33(40)3)43-9-5-7-39(32(43)2)30-60-48-19-38(41(17-45(48)50)27-55-13-14-58)12-11-34-15-35(21-52)24-56-23-34/h5-10,15-20,23-26,54-55,58H,4,11-14,27-31H2,1-3H3. The van der Waals surface area contributed by atoms with Gasteiger partial charge < -0.3 is 30.0 Å². The quantitative estimate of drug-likeness (QED) is 0.0635. The summed E-state index contributed by atoms with van der Waals surface area (Å²) in [5.74, 6) is 1.72. The second-order valence-corrected chi connectivity index (χ2v) is 15.4. The minimum absolute atomic E-state index is 0.0337. The summed E-state index contributed by atoms with van der Waals surface area (Å²) in [4.78, 5) is 8.37. The third kappa shape index (κ3) is 11.9. The number of aromatic nitrogens is 2. The zero-order valence-corrected chi connectivity index (χ0v) is 36.0. The molecule has 0 spiro atoms. The lowest BCUT2D eigenvalue weighted by Gasteiger charge is -2.19. The van der Waals surface area contributed by atoms with E-state index in [-0.39, 0.29) is 19.8 Å². The van der Waals surface area contributed by atoms with Crippen molar-refractivity contribution >= 4 is 23.2 Å². The lowest BCUT2D eigenvalue weighted by atomic mass is 9.92. The molecule has 0 aliphatic rings. The summed E-state index contributed by atoms with van der Waals surface area (Å²) < 4.78 is 19.1. The van der Waals surface area contributed by atoms with Crippen molar-refractivity contribution in [3.63, 3.8) is 0 Å². The number of benzene rings is 4. The molecule has 3 N–H and O–H groups in total. The van der Waals surface area contributed by atoms with Crippen LogP contribution in [0.4, 0.5) is 0 Å². The molecule has 12 heteroatoms. The number of aliphatic hydroxyl groups is 1. The highest BCUT2D eigenvalue weighted by atomic mass is 35.5. The van der Waals surface area contributed by atoms with Crippen molar-refractivity contribution in [1.29, 1.82) is 10.5 Å². The van der Waals surface area contributed by atoms with E-state index in [0.29, 0.717) is 77.5 Å². The van der Waals surface area contributed by atoms with Crippen LogP contribution in [0.15, 0.2) is 97.6 Å². The second-order valence-electron chi connectivity index (χ2n) is 14.6. The number of rotatable bonds is 20. The summed E-state index contributed by atoms with van der Waals surface area (Å²) in [5, 5.41) is 35.6. The molecule has 0 saturated heterocycles. The molecule has 6 rings (SSSR count). The van der Waals surface area contributed by atoms with Crippen LogP contribution in [0.1, 0.15) is 68.1 Å². The van der Waals surface area contributed by atoms with E-state index in [9.17, 15) is 15.6 Å². The fourth-order valence-electron chi connectivity index (χ4n) is 6.99. The molecule has 0 saturated carbocycles. The van der Waals surface area contributed by atoms with Gasteiger partial charge in [0.1, 0.15) is 49.2 Å². The van der Waals surface area contributed by atoms with Crippen LogP contribution in [0, 0.1) is 36.5 Å². The summed E-state index contributed by atoms with van der Waals surface area (Å²) in [5.41, 5.74) is 12.1. The largest absolute Gasteiger partial charge is 0.488 e. The Morgan fingerprint density at radius 1 is 0.607 bits per heavy atom. The number of aryl methyl sites for hydroxylation is 2. The van der Waals surface area contributed by atoms with E-state index in [1.807, 2.05) is 49.4 Å². The molecule has 2 aromatic heterocycles. The summed E-state index contributed by atoms with van der Waals surface area (Å²) in [6.07, 6.45) is 7.92. The van der Waals surface area contributed by atoms with Gasteiger partial charge in [-0.15, -0.1) is 0 Å². The summed E-state index contributed by atoms with van der Waals surface area (Å²) in [6, 6.07) is 27.9. The number of nitriles is 2. The molecule has 0 bridgehead atoms. The third-order valence-electron chi connectivity index (χ3n) is 10.4. The van der Waals surface area contributed by atoms with E-state index in [1.54, 1.807) is 24.7 Å². The highest BCUT2D eigenvalue weighted by Gasteiger charge is 2.17. The Bertz CT molecular complexity index is 2550. The molecule has 0 atom stereocenters. The minimum Gasteiger partial charge on any atom is -0.488 e. The topological polar surface area (TPSA) is 145 Å². The molecule has 0 aliphatic carbocycles. The minimum atomic E-state index is 0.0337. The average molecular weight is 856 g/mol. The van der Waals surface area contributed by atoms with Gasteiger partial charge in [-0.1, -0.05) is 66.5 Å². The predicted octanol–water partition coefficient (Wildman–Crippen LogP) is 9.52. The van der Waals surface area contributed by atoms with Crippen LogP contribution in [0.5, 0.6) is 17.2 Å². The normalized spacial score (nSPS) is 10.9. The van der Waals surface area contributed by atoms with Gasteiger partial charge in [0, 0.05) is 61.6 Å². The van der Waals surface area contributed by atoms with Crippen LogP contribution in [0.25, 0.3) is 11.1 Å². The lowest BCUT2D eigenvalue weighted by molar-refractivity contribution is 0.287. The molecule has 312 valence electrons. The second kappa shape index (κ2) is 22.0. The maximum atomic E-state index is 9.34. The van der Waals surface area contributed by atoms with Crippen molar-refractivity contribution in [3.05, 3.63) is 169 Å². The number of nitrogens with one attached hydrogen (secondary N) is 2. The highest BCUT2D eigenvalue weighted by molar-refractivity contribution is 6.32. The molecule has 0 radical (unpaired) electrons. The van der Waals surface area contributed by atoms with Gasteiger partial charge in [0.25, 0.3) is 0 Å². The molecule has 61 heavy (non-hydrogen) atoms. The number of ether oxygens (including phenoxy) is 3. The first-order chi connectivity index (χ1) is 29.7. The van der Waals surface area contributed by atoms with Crippen LogP contribution >= 0.6 is 23.2 Å². The summed E-state index contributed by atoms with van der Waals surface area (Å²) in [7, 11) is 0. The maximum absolute atomic E-state index is 9.34. The van der Waals surface area contributed by atoms with E-state index in [1.165, 1.54) is 6.20 Å². The Balaban J connectivity index is 1.18. The molecule has 6 aromatic rings. The number of pyridine rings is 2. The SMILES string of the molecule is CCNCc1cc(Cl)c(OCc2cccc(-c3cccc(COc4cc(CCc5cncc(C#N)c5)c(CNCCO)cc4Cl)c3C)c2C)cc1OCc1cncc(C#N)c1. The molecule has 4 aromatic carbocycles. The molecule has 10 nitrogen and oxygen atoms in total. The van der Waals surface area contributed by atoms with Crippen molar-refractivity contribution in [3.8, 4) is 40.5 Å². The van der Waals surface area contributed by atoms with Gasteiger partial charge in [0.05, 0.1) is 27.8 Å². The highest BCUT2D eigenvalue weighted by Crippen LogP contribution is 2.36. The predicted molar refractivity (Wildman–Crippen MR) is 239 cm³/mol. The molecule has 0 aliphatic heterocycles. The van der Waals surface area contributed by atoms with Gasteiger partial charge in [-0.3, -0.25) is 9.97 Å². The van der Waals surface area contributed by atoms with Gasteiger partial charge >= 0.3 is 0 Å². The van der Waals surface area contributed by atoms with Crippen LogP contribution < -0.4 is 24.8 Å². The van der Waals surface area contributed by atoms with E-state index in [0.717, 1.165) is 67.7 Å². The molecule has 0 unspecified atom stereocenters. The Kier molecular flexibility index (Phi) is 16.1. The van der Waals surface area contributed by atoms with E-state index in [2.05, 4.69) is 70.9 Å². The van der Waals surface area contributed by atoms with E-state index in [4.69, 9.17) is 37.4 Å². The Hall–Kier alpha value is -5.98. The van der Waals surface area contributed by atoms with Crippen molar-refractivity contribution < 1.29 is 19.3 Å². The zero-order chi connectivity index (χ0) is 43.1. The zero-order valence-electron chi connectivity index (χ0n) is 34.5. The fourth-order valence-corrected chi connectivity index (χ4v) is 7.47. The average Bonchev–Trinajstić information content (AvgIpc) is 3.28. The number of aliphatic hydroxyl groups excluding tert-OH is 1. The Morgan fingerprint density at radius 2 is 1.16 bits per heavy atom. The first-order valence-electron chi connectivity index (χ1n) is 20.1. The van der Waals surface area contributed by atoms with E-state index < -0.39 is 0 Å². The Morgan fingerprint density at radius 3 is 1.77 bits per heavy atom. The van der Waals surface area contributed by atoms with Crippen molar-refractivity contribution in [1.82, 2.24) is 20.6 Å². The number of hydrogen-bond acceptors (Lipinski definition) is 10. The molecule has 2 heterocycles. The first-order valence-corrected chi connectivity index (χ1v) is 20.9. The molecular weight excluding hydrogens is 807 g/mol. The van der Waals surface area contributed by atoms with Crippen LogP contribution in [0.2, 0.25) is 10.0 Å². The van der Waals surface area contributed by atoms with Gasteiger partial charge in [-0.2, -0.15) is 10.5 Å². The van der Waals surface area contributed by atoms with Gasteiger partial charge in [0.15, 0.2) is 0 Å². The number of nitrogens with zero attached hydrogens (tertiary/aromatic N) is 4. The molecule has 0 fully saturated rings. The smallest absolute Gasteiger partial charge is 0.142 e. The van der Waals surface area contributed by atoms with Crippen LogP contribution in [0.3, 0.4) is 0 Å². The summed E-state index contributed by atoms with van der Waals surface area (Å²) >= 11 is 13.6. The van der Waals surface area contributed by atoms with Gasteiger partial charge in [-0.25, -0.2) is 0 Å². The van der Waals surface area contributed by atoms with Crippen LogP contribution in [-0.4, -0.2) is 34.8 Å². The fraction of sp³-hybridized carbons (Fsp3) is 0.265. The Labute approximate surface area is 367 Å².